The van der Waals surface area contributed by atoms with Gasteiger partial charge in [0.05, 0.1) is 0 Å². The van der Waals surface area contributed by atoms with E-state index in [2.05, 4.69) is 58.3 Å². The van der Waals surface area contributed by atoms with Gasteiger partial charge in [-0.25, -0.2) is 0 Å². The van der Waals surface area contributed by atoms with Crippen molar-refractivity contribution < 1.29 is 0 Å². The van der Waals surface area contributed by atoms with E-state index in [1.807, 2.05) is 12.1 Å². The van der Waals surface area contributed by atoms with Gasteiger partial charge in [-0.3, -0.25) is 4.98 Å². The van der Waals surface area contributed by atoms with Crippen LogP contribution in [0.2, 0.25) is 0 Å². The first-order valence-corrected chi connectivity index (χ1v) is 7.77. The molecule has 0 atom stereocenters. The molecule has 2 heteroatoms. The van der Waals surface area contributed by atoms with Crippen LogP contribution in [0.3, 0.4) is 0 Å². The maximum Gasteiger partial charge on any atom is 0.0363 e. The summed E-state index contributed by atoms with van der Waals surface area (Å²) in [5, 5.41) is 0. The number of rotatable bonds is 3. The highest BCUT2D eigenvalue weighted by atomic mass is 15.1. The van der Waals surface area contributed by atoms with E-state index in [-0.39, 0.29) is 0 Å². The smallest absolute Gasteiger partial charge is 0.0363 e. The van der Waals surface area contributed by atoms with Gasteiger partial charge in [0.15, 0.2) is 0 Å². The van der Waals surface area contributed by atoms with Crippen molar-refractivity contribution in [3.8, 4) is 11.8 Å². The highest BCUT2D eigenvalue weighted by Gasteiger charge is 2.08. The third-order valence-electron chi connectivity index (χ3n) is 3.82. The summed E-state index contributed by atoms with van der Waals surface area (Å²) in [6, 6.07) is 3.88. The van der Waals surface area contributed by atoms with Gasteiger partial charge in [-0.05, 0) is 48.4 Å². The summed E-state index contributed by atoms with van der Waals surface area (Å²) in [6.07, 6.45) is 20.1. The lowest BCUT2D eigenvalue weighted by molar-refractivity contribution is 0.420. The van der Waals surface area contributed by atoms with Crippen LogP contribution in [0, 0.1) is 11.8 Å². The molecule has 0 bridgehead atoms. The first kappa shape index (κ1) is 14.4. The topological polar surface area (TPSA) is 16.1 Å². The molecule has 0 unspecified atom stereocenters. The lowest BCUT2D eigenvalue weighted by atomic mass is 9.96. The van der Waals surface area contributed by atoms with Crippen molar-refractivity contribution in [2.45, 2.75) is 19.3 Å². The maximum atomic E-state index is 3.99. The molecule has 1 aromatic rings. The van der Waals surface area contributed by atoms with E-state index in [0.717, 1.165) is 37.9 Å². The lowest BCUT2D eigenvalue weighted by Gasteiger charge is -2.23. The molecule has 0 N–H and O–H groups in total. The second-order valence-corrected chi connectivity index (χ2v) is 5.40. The average Bonchev–Trinajstić information content (AvgIpc) is 2.61. The summed E-state index contributed by atoms with van der Waals surface area (Å²) < 4.78 is 0. The van der Waals surface area contributed by atoms with Gasteiger partial charge in [-0.1, -0.05) is 36.1 Å². The second kappa shape index (κ2) is 7.47. The standard InChI is InChI=1S/C20H20N2/c1-2-7-19(8-3-1)20-11-16-22(17-12-20)15-5-4-6-18-9-13-21-14-10-18/h1-2,8-14,16H,3,5,7,15,17H2. The molecule has 1 aliphatic carbocycles. The predicted octanol–water partition coefficient (Wildman–Crippen LogP) is 3.86. The van der Waals surface area contributed by atoms with Gasteiger partial charge < -0.3 is 4.90 Å². The van der Waals surface area contributed by atoms with E-state index < -0.39 is 0 Å². The van der Waals surface area contributed by atoms with Crippen LogP contribution < -0.4 is 0 Å². The first-order chi connectivity index (χ1) is 10.9. The van der Waals surface area contributed by atoms with Gasteiger partial charge >= 0.3 is 0 Å². The Labute approximate surface area is 132 Å². The van der Waals surface area contributed by atoms with Crippen LogP contribution in [0.4, 0.5) is 0 Å². The Balaban J connectivity index is 1.47. The summed E-state index contributed by atoms with van der Waals surface area (Å²) in [4.78, 5) is 6.30. The molecule has 0 aromatic carbocycles. The molecule has 0 radical (unpaired) electrons. The van der Waals surface area contributed by atoms with Crippen molar-refractivity contribution in [3.63, 3.8) is 0 Å². The number of pyridine rings is 1. The SMILES string of the molecule is C(#Cc1ccncc1)CCN1C=CC(C2=CCC=CC2)=CC1. The Hall–Kier alpha value is -2.53. The second-order valence-electron chi connectivity index (χ2n) is 5.40. The molecule has 2 aliphatic rings. The highest BCUT2D eigenvalue weighted by molar-refractivity contribution is 5.43. The van der Waals surface area contributed by atoms with Gasteiger partial charge in [0.25, 0.3) is 0 Å². The fraction of sp³-hybridized carbons (Fsp3) is 0.250. The highest BCUT2D eigenvalue weighted by Crippen LogP contribution is 2.22. The molecule has 0 spiro atoms. The van der Waals surface area contributed by atoms with Crippen molar-refractivity contribution >= 4 is 0 Å². The van der Waals surface area contributed by atoms with Crippen molar-refractivity contribution in [2.75, 3.05) is 13.1 Å². The van der Waals surface area contributed by atoms with Gasteiger partial charge in [-0.2, -0.15) is 0 Å². The normalized spacial score (nSPS) is 16.6. The zero-order chi connectivity index (χ0) is 15.0. The van der Waals surface area contributed by atoms with Crippen LogP contribution in [0.5, 0.6) is 0 Å². The van der Waals surface area contributed by atoms with E-state index >= 15 is 0 Å². The maximum absolute atomic E-state index is 3.99. The van der Waals surface area contributed by atoms with Crippen LogP contribution in [0.15, 0.2) is 72.3 Å². The lowest BCUT2D eigenvalue weighted by Crippen LogP contribution is -2.21. The van der Waals surface area contributed by atoms with Gasteiger partial charge in [0.1, 0.15) is 0 Å². The van der Waals surface area contributed by atoms with E-state index in [4.69, 9.17) is 0 Å². The molecule has 3 rings (SSSR count). The average molecular weight is 288 g/mol. The fourth-order valence-electron chi connectivity index (χ4n) is 2.57. The number of allylic oxidation sites excluding steroid dienone is 6. The van der Waals surface area contributed by atoms with Crippen LogP contribution in [-0.4, -0.2) is 23.0 Å². The number of hydrogen-bond acceptors (Lipinski definition) is 2. The third-order valence-corrected chi connectivity index (χ3v) is 3.82. The van der Waals surface area contributed by atoms with Gasteiger partial charge in [0, 0.05) is 37.5 Å². The number of nitrogens with zero attached hydrogens (tertiary/aromatic N) is 2. The number of hydrogen-bond donors (Lipinski definition) is 0. The summed E-state index contributed by atoms with van der Waals surface area (Å²) in [5.41, 5.74) is 3.86. The molecule has 2 heterocycles. The molecule has 1 aromatic heterocycles. The molecule has 110 valence electrons. The van der Waals surface area contributed by atoms with Gasteiger partial charge in [0.2, 0.25) is 0 Å². The molecule has 0 fully saturated rings. The molecule has 0 saturated carbocycles. The van der Waals surface area contributed by atoms with E-state index in [1.165, 1.54) is 11.1 Å². The Bertz CT molecular complexity index is 681. The predicted molar refractivity (Wildman–Crippen MR) is 91.0 cm³/mol. The van der Waals surface area contributed by atoms with Crippen LogP contribution in [0.1, 0.15) is 24.8 Å². The van der Waals surface area contributed by atoms with Crippen molar-refractivity contribution in [1.82, 2.24) is 9.88 Å². The Morgan fingerprint density at radius 3 is 2.77 bits per heavy atom. The monoisotopic (exact) mass is 288 g/mol. The zero-order valence-electron chi connectivity index (χ0n) is 12.7. The number of aromatic nitrogens is 1. The van der Waals surface area contributed by atoms with E-state index in [0.29, 0.717) is 0 Å². The summed E-state index contributed by atoms with van der Waals surface area (Å²) in [7, 11) is 0. The zero-order valence-corrected chi connectivity index (χ0v) is 12.7. The minimum atomic E-state index is 0.876. The summed E-state index contributed by atoms with van der Waals surface area (Å²) >= 11 is 0. The molecular formula is C20H20N2. The van der Waals surface area contributed by atoms with E-state index in [1.54, 1.807) is 12.4 Å². The van der Waals surface area contributed by atoms with Crippen LogP contribution in [0.25, 0.3) is 0 Å². The molecule has 2 nitrogen and oxygen atoms in total. The summed E-state index contributed by atoms with van der Waals surface area (Å²) in [6.45, 7) is 1.95. The Morgan fingerprint density at radius 2 is 2.05 bits per heavy atom. The Morgan fingerprint density at radius 1 is 1.14 bits per heavy atom. The van der Waals surface area contributed by atoms with Gasteiger partial charge in [-0.15, -0.1) is 0 Å². The largest absolute Gasteiger partial charge is 0.373 e. The van der Waals surface area contributed by atoms with Crippen LogP contribution in [-0.2, 0) is 0 Å². The molecule has 0 saturated heterocycles. The fourth-order valence-corrected chi connectivity index (χ4v) is 2.57. The quantitative estimate of drug-likeness (QED) is 0.620. The van der Waals surface area contributed by atoms with Crippen molar-refractivity contribution in [1.29, 1.82) is 0 Å². The Kier molecular flexibility index (Phi) is 4.89. The minimum Gasteiger partial charge on any atom is -0.373 e. The molecule has 1 aliphatic heterocycles. The first-order valence-electron chi connectivity index (χ1n) is 7.77. The van der Waals surface area contributed by atoms with E-state index in [9.17, 15) is 0 Å². The summed E-state index contributed by atoms with van der Waals surface area (Å²) in [5.74, 6) is 6.40. The molecule has 0 amide bonds. The third kappa shape index (κ3) is 3.99. The van der Waals surface area contributed by atoms with Crippen molar-refractivity contribution in [3.05, 3.63) is 77.8 Å². The van der Waals surface area contributed by atoms with Crippen LogP contribution >= 0.6 is 0 Å². The van der Waals surface area contributed by atoms with Crippen molar-refractivity contribution in [2.24, 2.45) is 0 Å². The molecular weight excluding hydrogens is 268 g/mol. The molecule has 22 heavy (non-hydrogen) atoms. The minimum absolute atomic E-state index is 0.876.